The van der Waals surface area contributed by atoms with Gasteiger partial charge in [0.2, 0.25) is 8.27 Å². The van der Waals surface area contributed by atoms with Gasteiger partial charge in [0.05, 0.1) is 0 Å². The lowest BCUT2D eigenvalue weighted by atomic mass is 10.1. The summed E-state index contributed by atoms with van der Waals surface area (Å²) >= 11 is 6.48. The van der Waals surface area contributed by atoms with Crippen LogP contribution in [0, 0.1) is 0 Å². The molecule has 90 valence electrons. The standard InChI is InChI=1S/C13H22ClNSi/c1-3-15(4-2)16(14)12-8-11-13-9-6-5-7-10-13/h5-7,9-10,16H,3-4,8,11-12H2,1-2H3. The lowest BCUT2D eigenvalue weighted by Crippen LogP contribution is -2.34. The quantitative estimate of drug-likeness (QED) is 0.533. The molecule has 3 heteroatoms. The number of hydrogen-bond acceptors (Lipinski definition) is 1. The van der Waals surface area contributed by atoms with Crippen molar-refractivity contribution < 1.29 is 0 Å². The molecule has 1 unspecified atom stereocenters. The fourth-order valence-corrected chi connectivity index (χ4v) is 4.91. The topological polar surface area (TPSA) is 3.24 Å². The molecule has 0 aliphatic rings. The molecule has 0 heterocycles. The highest BCUT2D eigenvalue weighted by Gasteiger charge is 2.13. The van der Waals surface area contributed by atoms with Crippen LogP contribution in [0.15, 0.2) is 30.3 Å². The summed E-state index contributed by atoms with van der Waals surface area (Å²) in [4.78, 5) is 0. The first kappa shape index (κ1) is 13.8. The molecule has 1 aromatic carbocycles. The average molecular weight is 256 g/mol. The largest absolute Gasteiger partial charge is 0.315 e. The van der Waals surface area contributed by atoms with Gasteiger partial charge in [0.15, 0.2) is 0 Å². The van der Waals surface area contributed by atoms with Crippen LogP contribution in [-0.4, -0.2) is 25.9 Å². The van der Waals surface area contributed by atoms with Gasteiger partial charge in [-0.2, -0.15) is 11.1 Å². The van der Waals surface area contributed by atoms with Crippen LogP contribution < -0.4 is 0 Å². The van der Waals surface area contributed by atoms with E-state index in [1.807, 2.05) is 0 Å². The Balaban J connectivity index is 2.25. The zero-order valence-electron chi connectivity index (χ0n) is 10.3. The van der Waals surface area contributed by atoms with E-state index < -0.39 is 8.27 Å². The molecule has 0 spiro atoms. The predicted molar refractivity (Wildman–Crippen MR) is 75.5 cm³/mol. The molecule has 0 aliphatic heterocycles. The number of halogens is 1. The molecule has 0 bridgehead atoms. The Labute approximate surface area is 106 Å². The average Bonchev–Trinajstić information content (AvgIpc) is 2.32. The first-order valence-electron chi connectivity index (χ1n) is 6.20. The highest BCUT2D eigenvalue weighted by atomic mass is 35.6. The molecule has 0 N–H and O–H groups in total. The fraction of sp³-hybridized carbons (Fsp3) is 0.538. The molecular weight excluding hydrogens is 234 g/mol. The lowest BCUT2D eigenvalue weighted by Gasteiger charge is -2.22. The van der Waals surface area contributed by atoms with E-state index in [-0.39, 0.29) is 0 Å². The van der Waals surface area contributed by atoms with E-state index in [4.69, 9.17) is 11.1 Å². The predicted octanol–water partition coefficient (Wildman–Crippen LogP) is 3.42. The van der Waals surface area contributed by atoms with E-state index in [1.54, 1.807) is 0 Å². The minimum Gasteiger partial charge on any atom is -0.315 e. The van der Waals surface area contributed by atoms with Gasteiger partial charge in [-0.1, -0.05) is 44.2 Å². The summed E-state index contributed by atoms with van der Waals surface area (Å²) in [7, 11) is -1.15. The SMILES string of the molecule is CCN(CC)[SiH](Cl)CCCc1ccccc1. The van der Waals surface area contributed by atoms with Gasteiger partial charge in [0.25, 0.3) is 0 Å². The van der Waals surface area contributed by atoms with E-state index in [1.165, 1.54) is 24.4 Å². The van der Waals surface area contributed by atoms with Gasteiger partial charge in [0.1, 0.15) is 0 Å². The van der Waals surface area contributed by atoms with Crippen LogP contribution in [0.4, 0.5) is 0 Å². The third-order valence-corrected chi connectivity index (χ3v) is 6.85. The van der Waals surface area contributed by atoms with Crippen molar-refractivity contribution in [1.29, 1.82) is 0 Å². The first-order valence-corrected chi connectivity index (χ1v) is 9.27. The monoisotopic (exact) mass is 255 g/mol. The van der Waals surface area contributed by atoms with E-state index >= 15 is 0 Å². The smallest absolute Gasteiger partial charge is 0.213 e. The normalized spacial score (nSPS) is 13.0. The molecule has 1 nitrogen and oxygen atoms in total. The maximum Gasteiger partial charge on any atom is 0.213 e. The summed E-state index contributed by atoms with van der Waals surface area (Å²) in [6.07, 6.45) is 2.39. The minimum absolute atomic E-state index is 1.10. The Morgan fingerprint density at radius 2 is 1.75 bits per heavy atom. The van der Waals surface area contributed by atoms with Crippen molar-refractivity contribution >= 4 is 19.3 Å². The summed E-state index contributed by atoms with van der Waals surface area (Å²) < 4.78 is 2.44. The van der Waals surface area contributed by atoms with Crippen molar-refractivity contribution in [3.63, 3.8) is 0 Å². The molecule has 0 amide bonds. The van der Waals surface area contributed by atoms with Crippen molar-refractivity contribution in [2.45, 2.75) is 32.7 Å². The van der Waals surface area contributed by atoms with Crippen LogP contribution >= 0.6 is 11.1 Å². The second kappa shape index (κ2) is 7.88. The maximum absolute atomic E-state index is 6.48. The molecular formula is C13H22ClNSi. The molecule has 0 aromatic heterocycles. The molecule has 0 saturated heterocycles. The molecule has 0 aliphatic carbocycles. The zero-order chi connectivity index (χ0) is 11.8. The van der Waals surface area contributed by atoms with Gasteiger partial charge in [-0.05, 0) is 37.5 Å². The van der Waals surface area contributed by atoms with Gasteiger partial charge in [-0.3, -0.25) is 0 Å². The number of benzene rings is 1. The van der Waals surface area contributed by atoms with Crippen LogP contribution in [0.2, 0.25) is 6.04 Å². The third-order valence-electron chi connectivity index (χ3n) is 2.96. The van der Waals surface area contributed by atoms with Gasteiger partial charge in [-0.15, -0.1) is 0 Å². The zero-order valence-corrected chi connectivity index (χ0v) is 12.2. The molecule has 0 radical (unpaired) electrons. The second-order valence-electron chi connectivity index (χ2n) is 4.03. The third kappa shape index (κ3) is 4.68. The van der Waals surface area contributed by atoms with E-state index in [0.29, 0.717) is 0 Å². The molecule has 0 fully saturated rings. The Morgan fingerprint density at radius 3 is 2.31 bits per heavy atom. The Bertz CT molecular complexity index is 275. The van der Waals surface area contributed by atoms with Crippen LogP contribution in [-0.2, 0) is 6.42 Å². The van der Waals surface area contributed by atoms with Crippen LogP contribution in [0.5, 0.6) is 0 Å². The summed E-state index contributed by atoms with van der Waals surface area (Å²) in [5.74, 6) is 0. The Kier molecular flexibility index (Phi) is 6.77. The minimum atomic E-state index is -1.15. The number of hydrogen-bond donors (Lipinski definition) is 0. The van der Waals surface area contributed by atoms with Gasteiger partial charge < -0.3 is 4.57 Å². The van der Waals surface area contributed by atoms with Gasteiger partial charge in [-0.25, -0.2) is 0 Å². The van der Waals surface area contributed by atoms with Gasteiger partial charge >= 0.3 is 0 Å². The fourth-order valence-electron chi connectivity index (χ4n) is 1.92. The van der Waals surface area contributed by atoms with Crippen LogP contribution in [0.1, 0.15) is 25.8 Å². The first-order chi connectivity index (χ1) is 7.77. The van der Waals surface area contributed by atoms with Crippen molar-refractivity contribution in [3.8, 4) is 0 Å². The van der Waals surface area contributed by atoms with Crippen LogP contribution in [0.3, 0.4) is 0 Å². The van der Waals surface area contributed by atoms with Crippen molar-refractivity contribution in [3.05, 3.63) is 35.9 Å². The van der Waals surface area contributed by atoms with Crippen molar-refractivity contribution in [1.82, 2.24) is 4.57 Å². The second-order valence-corrected chi connectivity index (χ2v) is 7.72. The molecule has 1 aromatic rings. The molecule has 0 saturated carbocycles. The van der Waals surface area contributed by atoms with E-state index in [9.17, 15) is 0 Å². The molecule has 1 atom stereocenters. The van der Waals surface area contributed by atoms with Crippen LogP contribution in [0.25, 0.3) is 0 Å². The van der Waals surface area contributed by atoms with E-state index in [0.717, 1.165) is 13.1 Å². The molecule has 16 heavy (non-hydrogen) atoms. The number of aryl methyl sites for hydroxylation is 1. The summed E-state index contributed by atoms with van der Waals surface area (Å²) in [5.41, 5.74) is 1.43. The summed E-state index contributed by atoms with van der Waals surface area (Å²) in [6, 6.07) is 11.9. The summed E-state index contributed by atoms with van der Waals surface area (Å²) in [6.45, 7) is 6.59. The van der Waals surface area contributed by atoms with Crippen molar-refractivity contribution in [2.24, 2.45) is 0 Å². The highest BCUT2D eigenvalue weighted by molar-refractivity contribution is 7.05. The number of nitrogens with zero attached hydrogens (tertiary/aromatic N) is 1. The summed E-state index contributed by atoms with van der Waals surface area (Å²) in [5, 5.41) is 0. The number of rotatable bonds is 7. The Hall–Kier alpha value is -0.313. The van der Waals surface area contributed by atoms with Crippen molar-refractivity contribution in [2.75, 3.05) is 13.1 Å². The van der Waals surface area contributed by atoms with E-state index in [2.05, 4.69) is 48.7 Å². The molecule has 1 rings (SSSR count). The highest BCUT2D eigenvalue weighted by Crippen LogP contribution is 2.11. The Morgan fingerprint density at radius 1 is 1.12 bits per heavy atom. The maximum atomic E-state index is 6.48. The lowest BCUT2D eigenvalue weighted by molar-refractivity contribution is 0.485. The van der Waals surface area contributed by atoms with Gasteiger partial charge in [0, 0.05) is 0 Å².